The van der Waals surface area contributed by atoms with Crippen molar-refractivity contribution in [2.24, 2.45) is 0 Å². The van der Waals surface area contributed by atoms with Gasteiger partial charge < -0.3 is 23.5 Å². The van der Waals surface area contributed by atoms with E-state index in [0.717, 1.165) is 5.56 Å². The molecule has 1 amide bonds. The molecule has 3 rings (SSSR count). The Kier molecular flexibility index (Phi) is 6.14. The summed E-state index contributed by atoms with van der Waals surface area (Å²) in [5, 5.41) is 0. The van der Waals surface area contributed by atoms with E-state index in [4.69, 9.17) is 18.6 Å². The highest BCUT2D eigenvalue weighted by molar-refractivity contribution is 5.91. The number of amides is 1. The summed E-state index contributed by atoms with van der Waals surface area (Å²) in [6.07, 6.45) is 4.68. The summed E-state index contributed by atoms with van der Waals surface area (Å²) in [4.78, 5) is 25.9. The lowest BCUT2D eigenvalue weighted by Crippen LogP contribution is -2.31. The van der Waals surface area contributed by atoms with E-state index in [1.54, 1.807) is 30.0 Å². The third kappa shape index (κ3) is 5.13. The molecule has 0 fully saturated rings. The maximum atomic E-state index is 12.6. The summed E-state index contributed by atoms with van der Waals surface area (Å²) in [5.74, 6) is 1.35. The van der Waals surface area contributed by atoms with Gasteiger partial charge in [-0.3, -0.25) is 9.59 Å². The quantitative estimate of drug-likeness (QED) is 0.524. The van der Waals surface area contributed by atoms with Gasteiger partial charge in [-0.2, -0.15) is 0 Å². The van der Waals surface area contributed by atoms with Crippen LogP contribution in [-0.2, 0) is 20.9 Å². The number of carbonyl (C=O) groups is 2. The lowest BCUT2D eigenvalue weighted by molar-refractivity contribution is -0.143. The van der Waals surface area contributed by atoms with Crippen molar-refractivity contribution in [3.8, 4) is 11.5 Å². The van der Waals surface area contributed by atoms with E-state index in [1.807, 2.05) is 18.2 Å². The fourth-order valence-corrected chi connectivity index (χ4v) is 2.63. The molecule has 1 aliphatic rings. The number of carbonyl (C=O) groups excluding carboxylic acids is 2. The molecule has 1 aromatic heterocycles. The largest absolute Gasteiger partial charge is 0.466 e. The molecule has 142 valence electrons. The van der Waals surface area contributed by atoms with Crippen molar-refractivity contribution < 1.29 is 28.2 Å². The number of rotatable bonds is 8. The van der Waals surface area contributed by atoms with Crippen molar-refractivity contribution >= 4 is 18.0 Å². The van der Waals surface area contributed by atoms with Crippen molar-refractivity contribution in [3.05, 3.63) is 54.0 Å². The van der Waals surface area contributed by atoms with Gasteiger partial charge in [-0.15, -0.1) is 0 Å². The van der Waals surface area contributed by atoms with Crippen LogP contribution in [0.3, 0.4) is 0 Å². The molecule has 1 aliphatic heterocycles. The minimum absolute atomic E-state index is 0.124. The second kappa shape index (κ2) is 8.93. The van der Waals surface area contributed by atoms with Gasteiger partial charge in [-0.1, -0.05) is 6.07 Å². The van der Waals surface area contributed by atoms with Crippen LogP contribution in [0.2, 0.25) is 0 Å². The van der Waals surface area contributed by atoms with Gasteiger partial charge in [0.2, 0.25) is 12.7 Å². The maximum absolute atomic E-state index is 12.6. The molecule has 27 heavy (non-hydrogen) atoms. The summed E-state index contributed by atoms with van der Waals surface area (Å²) >= 11 is 0. The molecule has 0 saturated carbocycles. The molecule has 7 heteroatoms. The minimum atomic E-state index is -0.337. The first-order valence-corrected chi connectivity index (χ1v) is 8.70. The molecule has 0 radical (unpaired) electrons. The normalized spacial score (nSPS) is 12.3. The number of hydrogen-bond donors (Lipinski definition) is 0. The molecule has 0 N–H and O–H groups in total. The average Bonchev–Trinajstić information content (AvgIpc) is 3.34. The molecule has 0 atom stereocenters. The van der Waals surface area contributed by atoms with Gasteiger partial charge in [0.05, 0.1) is 19.3 Å². The molecule has 2 aromatic rings. The first-order valence-electron chi connectivity index (χ1n) is 8.70. The standard InChI is InChI=1S/C20H21NO6/c1-2-24-20(23)9-10-21(19(22)8-6-16-4-3-11-25-16)13-15-5-7-17-18(12-15)27-14-26-17/h3-8,11-12H,2,9-10,13-14H2,1H3/b8-6+. The molecular formula is C20H21NO6. The Morgan fingerprint density at radius 3 is 2.85 bits per heavy atom. The smallest absolute Gasteiger partial charge is 0.307 e. The summed E-state index contributed by atoms with van der Waals surface area (Å²) in [6, 6.07) is 9.02. The van der Waals surface area contributed by atoms with Gasteiger partial charge in [-0.05, 0) is 42.8 Å². The van der Waals surface area contributed by atoms with E-state index in [2.05, 4.69) is 0 Å². The Bertz CT molecular complexity index is 812. The van der Waals surface area contributed by atoms with Crippen LogP contribution in [0.4, 0.5) is 0 Å². The number of ether oxygens (including phenoxy) is 3. The van der Waals surface area contributed by atoms with Crippen LogP contribution in [-0.4, -0.2) is 36.7 Å². The predicted molar refractivity (Wildman–Crippen MR) is 97.0 cm³/mol. The Labute approximate surface area is 157 Å². The first kappa shape index (κ1) is 18.6. The molecule has 2 heterocycles. The molecule has 0 spiro atoms. The summed E-state index contributed by atoms with van der Waals surface area (Å²) in [5.41, 5.74) is 0.878. The van der Waals surface area contributed by atoms with Gasteiger partial charge in [0, 0.05) is 19.2 Å². The molecule has 0 aliphatic carbocycles. The fourth-order valence-electron chi connectivity index (χ4n) is 2.63. The highest BCUT2D eigenvalue weighted by Gasteiger charge is 2.17. The topological polar surface area (TPSA) is 78.2 Å². The SMILES string of the molecule is CCOC(=O)CCN(Cc1ccc2c(c1)OCO2)C(=O)/C=C/c1ccco1. The van der Waals surface area contributed by atoms with Crippen LogP contribution in [0.25, 0.3) is 6.08 Å². The maximum Gasteiger partial charge on any atom is 0.307 e. The predicted octanol–water partition coefficient (Wildman–Crippen LogP) is 3.00. The summed E-state index contributed by atoms with van der Waals surface area (Å²) in [6.45, 7) is 2.83. The van der Waals surface area contributed by atoms with Crippen LogP contribution >= 0.6 is 0 Å². The van der Waals surface area contributed by atoms with Crippen molar-refractivity contribution in [1.82, 2.24) is 4.90 Å². The van der Waals surface area contributed by atoms with Crippen molar-refractivity contribution in [1.29, 1.82) is 0 Å². The van der Waals surface area contributed by atoms with Crippen LogP contribution < -0.4 is 9.47 Å². The van der Waals surface area contributed by atoms with E-state index >= 15 is 0 Å². The zero-order chi connectivity index (χ0) is 19.1. The number of furan rings is 1. The first-order chi connectivity index (χ1) is 13.2. The molecule has 0 unspecified atom stereocenters. The fraction of sp³-hybridized carbons (Fsp3) is 0.300. The number of benzene rings is 1. The number of fused-ring (bicyclic) bond motifs is 1. The van der Waals surface area contributed by atoms with E-state index in [1.165, 1.54) is 12.3 Å². The molecule has 0 saturated heterocycles. The highest BCUT2D eigenvalue weighted by Crippen LogP contribution is 2.32. The average molecular weight is 371 g/mol. The number of nitrogens with zero attached hydrogens (tertiary/aromatic N) is 1. The van der Waals surface area contributed by atoms with Gasteiger partial charge in [0.15, 0.2) is 11.5 Å². The van der Waals surface area contributed by atoms with Crippen molar-refractivity contribution in [3.63, 3.8) is 0 Å². The lowest BCUT2D eigenvalue weighted by atomic mass is 10.1. The third-order valence-corrected chi connectivity index (χ3v) is 3.95. The van der Waals surface area contributed by atoms with E-state index < -0.39 is 0 Å². The zero-order valence-corrected chi connectivity index (χ0v) is 15.1. The third-order valence-electron chi connectivity index (χ3n) is 3.95. The van der Waals surface area contributed by atoms with Crippen LogP contribution in [0, 0.1) is 0 Å². The summed E-state index contributed by atoms with van der Waals surface area (Å²) in [7, 11) is 0. The molecular weight excluding hydrogens is 350 g/mol. The van der Waals surface area contributed by atoms with Gasteiger partial charge in [0.1, 0.15) is 5.76 Å². The van der Waals surface area contributed by atoms with Gasteiger partial charge >= 0.3 is 5.97 Å². The lowest BCUT2D eigenvalue weighted by Gasteiger charge is -2.21. The van der Waals surface area contributed by atoms with Gasteiger partial charge in [-0.25, -0.2) is 0 Å². The minimum Gasteiger partial charge on any atom is -0.466 e. The Balaban J connectivity index is 1.70. The highest BCUT2D eigenvalue weighted by atomic mass is 16.7. The second-order valence-corrected chi connectivity index (χ2v) is 5.85. The Morgan fingerprint density at radius 1 is 1.22 bits per heavy atom. The van der Waals surface area contributed by atoms with Crippen molar-refractivity contribution in [2.75, 3.05) is 19.9 Å². The Hall–Kier alpha value is -3.22. The van der Waals surface area contributed by atoms with E-state index in [0.29, 0.717) is 30.4 Å². The zero-order valence-electron chi connectivity index (χ0n) is 15.1. The number of hydrogen-bond acceptors (Lipinski definition) is 6. The van der Waals surface area contributed by atoms with Crippen molar-refractivity contribution in [2.45, 2.75) is 19.9 Å². The van der Waals surface area contributed by atoms with Crippen LogP contribution in [0.15, 0.2) is 47.1 Å². The monoisotopic (exact) mass is 371 g/mol. The molecule has 7 nitrogen and oxygen atoms in total. The second-order valence-electron chi connectivity index (χ2n) is 5.85. The van der Waals surface area contributed by atoms with Crippen LogP contribution in [0.1, 0.15) is 24.7 Å². The Morgan fingerprint density at radius 2 is 2.07 bits per heavy atom. The summed E-state index contributed by atoms with van der Waals surface area (Å²) < 4.78 is 20.8. The molecule has 0 bridgehead atoms. The van der Waals surface area contributed by atoms with E-state index in [9.17, 15) is 9.59 Å². The van der Waals surface area contributed by atoms with Crippen LogP contribution in [0.5, 0.6) is 11.5 Å². The molecule has 1 aromatic carbocycles. The van der Waals surface area contributed by atoms with E-state index in [-0.39, 0.29) is 31.6 Å². The van der Waals surface area contributed by atoms with Gasteiger partial charge in [0.25, 0.3) is 0 Å². The number of esters is 1.